The number of nitrogens with zero attached hydrogens (tertiary/aromatic N) is 3. The zero-order chi connectivity index (χ0) is 21.2. The fourth-order valence-electron chi connectivity index (χ4n) is 4.83. The van der Waals surface area contributed by atoms with Crippen molar-refractivity contribution >= 4 is 5.91 Å². The number of nitrogens with one attached hydrogen (secondary N) is 1. The van der Waals surface area contributed by atoms with Gasteiger partial charge in [-0.25, -0.2) is 4.98 Å². The molecule has 7 nitrogen and oxygen atoms in total. The molecule has 2 atom stereocenters. The van der Waals surface area contributed by atoms with Crippen LogP contribution in [0.25, 0.3) is 11.4 Å². The average Bonchev–Trinajstić information content (AvgIpc) is 3.32. The Kier molecular flexibility index (Phi) is 5.32. The summed E-state index contributed by atoms with van der Waals surface area (Å²) in [4.78, 5) is 35.1. The summed E-state index contributed by atoms with van der Waals surface area (Å²) in [5, 5.41) is 0. The Bertz CT molecular complexity index is 1110. The standard InChI is InChI=1S/C24H26N4O3/c29-22(7-4-12-31-19-5-2-1-3-6-19)27-14-17-13-18(16-27)21-9-8-20(23-25-10-11-26-23)24(30)28(21)15-17/h1-3,5-6,8-11,17-18H,4,7,12-16H2,(H,25,26)/t17-,18+/m0/s1. The molecule has 3 aromatic rings. The van der Waals surface area contributed by atoms with Gasteiger partial charge < -0.3 is 19.2 Å². The molecule has 1 saturated heterocycles. The lowest BCUT2D eigenvalue weighted by Crippen LogP contribution is -2.49. The molecule has 1 N–H and O–H groups in total. The van der Waals surface area contributed by atoms with E-state index < -0.39 is 0 Å². The molecule has 7 heteroatoms. The number of ether oxygens (including phenoxy) is 1. The van der Waals surface area contributed by atoms with Crippen LogP contribution in [0.15, 0.2) is 59.7 Å². The summed E-state index contributed by atoms with van der Waals surface area (Å²) < 4.78 is 7.60. The van der Waals surface area contributed by atoms with Gasteiger partial charge in [0.1, 0.15) is 11.6 Å². The van der Waals surface area contributed by atoms with Crippen molar-refractivity contribution in [1.29, 1.82) is 0 Å². The van der Waals surface area contributed by atoms with Gasteiger partial charge in [-0.2, -0.15) is 0 Å². The van der Waals surface area contributed by atoms with Crippen LogP contribution in [0, 0.1) is 5.92 Å². The van der Waals surface area contributed by atoms with E-state index in [2.05, 4.69) is 9.97 Å². The van der Waals surface area contributed by atoms with Gasteiger partial charge in [-0.05, 0) is 43.0 Å². The molecule has 4 heterocycles. The van der Waals surface area contributed by atoms with E-state index in [-0.39, 0.29) is 17.4 Å². The van der Waals surface area contributed by atoms with Crippen molar-refractivity contribution in [2.45, 2.75) is 31.7 Å². The summed E-state index contributed by atoms with van der Waals surface area (Å²) in [5.41, 5.74) is 1.63. The first-order valence-electron chi connectivity index (χ1n) is 10.9. The van der Waals surface area contributed by atoms with Crippen LogP contribution in [0.1, 0.15) is 30.9 Å². The zero-order valence-electron chi connectivity index (χ0n) is 17.4. The van der Waals surface area contributed by atoms with Crippen molar-refractivity contribution < 1.29 is 9.53 Å². The fourth-order valence-corrected chi connectivity index (χ4v) is 4.83. The minimum Gasteiger partial charge on any atom is -0.494 e. The highest BCUT2D eigenvalue weighted by Gasteiger charge is 2.36. The van der Waals surface area contributed by atoms with Crippen molar-refractivity contribution in [3.63, 3.8) is 0 Å². The summed E-state index contributed by atoms with van der Waals surface area (Å²) in [6.07, 6.45) is 5.59. The van der Waals surface area contributed by atoms with Gasteiger partial charge >= 0.3 is 0 Å². The molecule has 1 aromatic carbocycles. The predicted octanol–water partition coefficient (Wildman–Crippen LogP) is 3.04. The number of H-pyrrole nitrogens is 1. The molecule has 0 saturated carbocycles. The Balaban J connectivity index is 1.23. The lowest BCUT2D eigenvalue weighted by Gasteiger charge is -2.43. The van der Waals surface area contributed by atoms with E-state index in [1.54, 1.807) is 12.4 Å². The largest absolute Gasteiger partial charge is 0.494 e. The molecule has 31 heavy (non-hydrogen) atoms. The van der Waals surface area contributed by atoms with Gasteiger partial charge in [-0.3, -0.25) is 9.59 Å². The number of para-hydroxylation sites is 1. The third-order valence-electron chi connectivity index (χ3n) is 6.26. The van der Waals surface area contributed by atoms with E-state index in [1.807, 2.05) is 51.9 Å². The summed E-state index contributed by atoms with van der Waals surface area (Å²) in [6.45, 7) is 2.57. The van der Waals surface area contributed by atoms with E-state index in [0.717, 1.165) is 17.9 Å². The molecule has 1 amide bonds. The van der Waals surface area contributed by atoms with Gasteiger partial charge in [0, 0.05) is 50.1 Å². The third kappa shape index (κ3) is 4.00. The number of benzene rings is 1. The summed E-state index contributed by atoms with van der Waals surface area (Å²) >= 11 is 0. The van der Waals surface area contributed by atoms with E-state index in [1.165, 1.54) is 0 Å². The topological polar surface area (TPSA) is 80.2 Å². The Morgan fingerprint density at radius 1 is 1.13 bits per heavy atom. The van der Waals surface area contributed by atoms with Crippen LogP contribution < -0.4 is 10.3 Å². The summed E-state index contributed by atoms with van der Waals surface area (Å²) in [6, 6.07) is 13.6. The number of carbonyl (C=O) groups excluding carboxylic acids is 1. The molecule has 2 bridgehead atoms. The van der Waals surface area contributed by atoms with Gasteiger partial charge in [-0.1, -0.05) is 18.2 Å². The second-order valence-corrected chi connectivity index (χ2v) is 8.39. The van der Waals surface area contributed by atoms with Gasteiger partial charge in [0.25, 0.3) is 5.56 Å². The molecule has 2 aromatic heterocycles. The number of imidazole rings is 1. The Hall–Kier alpha value is -3.35. The number of rotatable bonds is 6. The molecule has 1 fully saturated rings. The van der Waals surface area contributed by atoms with Gasteiger partial charge in [-0.15, -0.1) is 0 Å². The number of aromatic amines is 1. The minimum atomic E-state index is -0.0000118. The molecular formula is C24H26N4O3. The maximum absolute atomic E-state index is 13.1. The summed E-state index contributed by atoms with van der Waals surface area (Å²) in [5.74, 6) is 2.12. The van der Waals surface area contributed by atoms with E-state index in [0.29, 0.717) is 56.4 Å². The number of amides is 1. The van der Waals surface area contributed by atoms with Crippen molar-refractivity contribution in [3.05, 3.63) is 70.9 Å². The second-order valence-electron chi connectivity index (χ2n) is 8.39. The average molecular weight is 418 g/mol. The molecule has 2 aliphatic heterocycles. The number of piperidine rings is 1. The molecule has 0 unspecified atom stereocenters. The van der Waals surface area contributed by atoms with E-state index in [9.17, 15) is 9.59 Å². The zero-order valence-corrected chi connectivity index (χ0v) is 17.4. The number of pyridine rings is 1. The van der Waals surface area contributed by atoms with E-state index >= 15 is 0 Å². The van der Waals surface area contributed by atoms with Crippen LogP contribution in [0.5, 0.6) is 5.75 Å². The second kappa shape index (κ2) is 8.41. The van der Waals surface area contributed by atoms with Crippen LogP contribution in [0.2, 0.25) is 0 Å². The monoisotopic (exact) mass is 418 g/mol. The molecule has 160 valence electrons. The maximum atomic E-state index is 13.1. The van der Waals surface area contributed by atoms with Crippen molar-refractivity contribution in [2.75, 3.05) is 19.7 Å². The molecule has 0 spiro atoms. The number of hydrogen-bond acceptors (Lipinski definition) is 4. The first-order chi connectivity index (χ1) is 15.2. The molecule has 0 radical (unpaired) electrons. The van der Waals surface area contributed by atoms with Crippen LogP contribution in [-0.2, 0) is 11.3 Å². The Labute approximate surface area is 180 Å². The SMILES string of the molecule is O=C(CCCOc1ccccc1)N1C[C@@H]2C[C@H](C1)c1ccc(-c3ncc[nH]3)c(=O)n1C2. The van der Waals surface area contributed by atoms with Crippen LogP contribution in [-0.4, -0.2) is 45.0 Å². The number of carbonyl (C=O) groups is 1. The number of hydrogen-bond donors (Lipinski definition) is 1. The molecule has 0 aliphatic carbocycles. The smallest absolute Gasteiger partial charge is 0.261 e. The lowest BCUT2D eigenvalue weighted by atomic mass is 9.82. The van der Waals surface area contributed by atoms with E-state index in [4.69, 9.17) is 4.74 Å². The minimum absolute atomic E-state index is 0.0000118. The Morgan fingerprint density at radius 2 is 2.00 bits per heavy atom. The molecular weight excluding hydrogens is 392 g/mol. The molecule has 2 aliphatic rings. The maximum Gasteiger partial charge on any atom is 0.261 e. The third-order valence-corrected chi connectivity index (χ3v) is 6.26. The lowest BCUT2D eigenvalue weighted by molar-refractivity contribution is -0.134. The van der Waals surface area contributed by atoms with Crippen molar-refractivity contribution in [3.8, 4) is 17.1 Å². The highest BCUT2D eigenvalue weighted by Crippen LogP contribution is 2.35. The van der Waals surface area contributed by atoms with Gasteiger partial charge in [0.2, 0.25) is 5.91 Å². The normalized spacial score (nSPS) is 19.7. The first-order valence-corrected chi connectivity index (χ1v) is 10.9. The fraction of sp³-hybridized carbons (Fsp3) is 0.375. The predicted molar refractivity (Wildman–Crippen MR) is 117 cm³/mol. The van der Waals surface area contributed by atoms with Crippen molar-refractivity contribution in [2.24, 2.45) is 5.92 Å². The number of fused-ring (bicyclic) bond motifs is 4. The van der Waals surface area contributed by atoms with Crippen LogP contribution in [0.3, 0.4) is 0 Å². The van der Waals surface area contributed by atoms with Crippen LogP contribution in [0.4, 0.5) is 0 Å². The quantitative estimate of drug-likeness (QED) is 0.624. The highest BCUT2D eigenvalue weighted by atomic mass is 16.5. The first kappa shape index (κ1) is 19.6. The van der Waals surface area contributed by atoms with Crippen molar-refractivity contribution in [1.82, 2.24) is 19.4 Å². The highest BCUT2D eigenvalue weighted by molar-refractivity contribution is 5.76. The summed E-state index contributed by atoms with van der Waals surface area (Å²) in [7, 11) is 0. The number of aromatic nitrogens is 3. The molecule has 5 rings (SSSR count). The van der Waals surface area contributed by atoms with Gasteiger partial charge in [0.05, 0.1) is 12.2 Å². The number of likely N-dealkylation sites (tertiary alicyclic amines) is 1. The Morgan fingerprint density at radius 3 is 2.81 bits per heavy atom. The van der Waals surface area contributed by atoms with Gasteiger partial charge in [0.15, 0.2) is 0 Å². The van der Waals surface area contributed by atoms with Crippen LogP contribution >= 0.6 is 0 Å².